The Balaban J connectivity index is 2.14. The van der Waals surface area contributed by atoms with Crippen molar-refractivity contribution in [2.75, 3.05) is 5.75 Å². The Morgan fingerprint density at radius 1 is 1.43 bits per heavy atom. The molecule has 2 rings (SSSR count). The van der Waals surface area contributed by atoms with Gasteiger partial charge in [0.1, 0.15) is 5.82 Å². The average Bonchev–Trinajstić information content (AvgIpc) is 2.80. The van der Waals surface area contributed by atoms with Crippen LogP contribution in [0.3, 0.4) is 0 Å². The molecule has 0 bridgehead atoms. The minimum absolute atomic E-state index is 0.0142. The van der Waals surface area contributed by atoms with Crippen molar-refractivity contribution in [1.82, 2.24) is 9.55 Å². The Hall–Kier alpha value is -1.82. The molecule has 1 aromatic heterocycles. The molecular weight excluding hydrogens is 291 g/mol. The fourth-order valence-corrected chi connectivity index (χ4v) is 3.09. The maximum absolute atomic E-state index is 12.9. The molecule has 0 aliphatic carbocycles. The summed E-state index contributed by atoms with van der Waals surface area (Å²) in [6.45, 7) is 3.99. The quantitative estimate of drug-likeness (QED) is 0.832. The van der Waals surface area contributed by atoms with E-state index in [9.17, 15) is 9.18 Å². The lowest BCUT2D eigenvalue weighted by molar-refractivity contribution is -0.133. The molecule has 0 amide bonds. The van der Waals surface area contributed by atoms with Gasteiger partial charge in [0, 0.05) is 17.9 Å². The van der Waals surface area contributed by atoms with Crippen LogP contribution in [0, 0.1) is 12.7 Å². The van der Waals surface area contributed by atoms with E-state index in [4.69, 9.17) is 5.11 Å². The highest BCUT2D eigenvalue weighted by atomic mass is 32.2. The van der Waals surface area contributed by atoms with Crippen molar-refractivity contribution in [2.45, 2.75) is 31.5 Å². The number of aryl methyl sites for hydroxylation is 1. The lowest BCUT2D eigenvalue weighted by Crippen LogP contribution is -2.12. The summed E-state index contributed by atoms with van der Waals surface area (Å²) in [6.07, 6.45) is 2.48. The largest absolute Gasteiger partial charge is 0.481 e. The van der Waals surface area contributed by atoms with E-state index in [0.717, 1.165) is 17.7 Å². The summed E-state index contributed by atoms with van der Waals surface area (Å²) in [5, 5.41) is 9.48. The Bertz CT molecular complexity index is 625. The highest BCUT2D eigenvalue weighted by Gasteiger charge is 2.15. The monoisotopic (exact) mass is 308 g/mol. The highest BCUT2D eigenvalue weighted by Crippen LogP contribution is 2.25. The normalized spacial score (nSPS) is 12.3. The number of hydrogen-bond donors (Lipinski definition) is 1. The first-order valence-electron chi connectivity index (χ1n) is 6.60. The van der Waals surface area contributed by atoms with Crippen molar-refractivity contribution >= 4 is 17.7 Å². The molecule has 0 saturated carbocycles. The van der Waals surface area contributed by atoms with Crippen LogP contribution in [0.25, 0.3) is 0 Å². The maximum Gasteiger partial charge on any atom is 0.313 e. The summed E-state index contributed by atoms with van der Waals surface area (Å²) in [6, 6.07) is 6.55. The number of aromatic nitrogens is 2. The van der Waals surface area contributed by atoms with Crippen LogP contribution in [-0.2, 0) is 11.2 Å². The van der Waals surface area contributed by atoms with Crippen LogP contribution in [0.5, 0.6) is 0 Å². The van der Waals surface area contributed by atoms with Gasteiger partial charge in [-0.1, -0.05) is 23.9 Å². The number of carboxylic acids is 1. The van der Waals surface area contributed by atoms with E-state index in [-0.39, 0.29) is 17.6 Å². The fraction of sp³-hybridized carbons (Fsp3) is 0.333. The van der Waals surface area contributed by atoms with Crippen LogP contribution in [0.15, 0.2) is 35.6 Å². The number of thioether (sulfide) groups is 1. The second-order valence-corrected chi connectivity index (χ2v) is 5.86. The SMILES string of the molecule is Cc1cnc(SCC(=O)O)n1C(C)Cc1ccc(F)cc1. The number of nitrogens with zero attached hydrogens (tertiary/aromatic N) is 2. The Labute approximate surface area is 127 Å². The zero-order valence-corrected chi connectivity index (χ0v) is 12.7. The summed E-state index contributed by atoms with van der Waals surface area (Å²) in [5.74, 6) is -1.12. The van der Waals surface area contributed by atoms with Gasteiger partial charge < -0.3 is 9.67 Å². The molecule has 112 valence electrons. The fourth-order valence-electron chi connectivity index (χ4n) is 2.25. The minimum Gasteiger partial charge on any atom is -0.481 e. The zero-order chi connectivity index (χ0) is 15.4. The van der Waals surface area contributed by atoms with Crippen molar-refractivity contribution in [3.63, 3.8) is 0 Å². The predicted octanol–water partition coefficient (Wildman–Crippen LogP) is 3.31. The van der Waals surface area contributed by atoms with Crippen molar-refractivity contribution in [2.24, 2.45) is 0 Å². The summed E-state index contributed by atoms with van der Waals surface area (Å²) >= 11 is 1.21. The molecule has 1 heterocycles. The van der Waals surface area contributed by atoms with Crippen LogP contribution < -0.4 is 0 Å². The van der Waals surface area contributed by atoms with Crippen molar-refractivity contribution in [3.8, 4) is 0 Å². The van der Waals surface area contributed by atoms with Crippen LogP contribution in [0.1, 0.15) is 24.2 Å². The van der Waals surface area contributed by atoms with Crippen molar-refractivity contribution in [1.29, 1.82) is 0 Å². The van der Waals surface area contributed by atoms with E-state index in [1.54, 1.807) is 18.3 Å². The number of benzene rings is 1. The third kappa shape index (κ3) is 4.07. The molecule has 0 radical (unpaired) electrons. The Morgan fingerprint density at radius 2 is 2.10 bits per heavy atom. The minimum atomic E-state index is -0.863. The van der Waals surface area contributed by atoms with Gasteiger partial charge in [-0.25, -0.2) is 9.37 Å². The molecule has 0 aliphatic heterocycles. The lowest BCUT2D eigenvalue weighted by Gasteiger charge is -2.18. The Morgan fingerprint density at radius 3 is 2.71 bits per heavy atom. The first-order valence-corrected chi connectivity index (χ1v) is 7.59. The van der Waals surface area contributed by atoms with E-state index < -0.39 is 5.97 Å². The van der Waals surface area contributed by atoms with E-state index in [0.29, 0.717) is 5.16 Å². The molecule has 1 N–H and O–H groups in total. The smallest absolute Gasteiger partial charge is 0.313 e. The van der Waals surface area contributed by atoms with Crippen LogP contribution in [-0.4, -0.2) is 26.4 Å². The topological polar surface area (TPSA) is 55.1 Å². The molecule has 1 aromatic carbocycles. The van der Waals surface area contributed by atoms with Crippen molar-refractivity contribution < 1.29 is 14.3 Å². The Kier molecular flexibility index (Phi) is 5.01. The summed E-state index contributed by atoms with van der Waals surface area (Å²) in [4.78, 5) is 15.0. The maximum atomic E-state index is 12.9. The van der Waals surface area contributed by atoms with Gasteiger partial charge in [-0.3, -0.25) is 4.79 Å². The van der Waals surface area contributed by atoms with Crippen LogP contribution >= 0.6 is 11.8 Å². The average molecular weight is 308 g/mol. The van der Waals surface area contributed by atoms with Gasteiger partial charge in [-0.15, -0.1) is 0 Å². The molecule has 0 fully saturated rings. The zero-order valence-electron chi connectivity index (χ0n) is 11.9. The molecule has 0 saturated heterocycles. The van der Waals surface area contributed by atoms with Gasteiger partial charge >= 0.3 is 5.97 Å². The van der Waals surface area contributed by atoms with Crippen LogP contribution in [0.2, 0.25) is 0 Å². The molecule has 0 spiro atoms. The molecular formula is C15H17FN2O2S. The number of carbonyl (C=O) groups is 1. The number of aliphatic carboxylic acids is 1. The van der Waals surface area contributed by atoms with E-state index in [1.165, 1.54) is 23.9 Å². The summed E-state index contributed by atoms with van der Waals surface area (Å²) in [5.41, 5.74) is 2.02. The highest BCUT2D eigenvalue weighted by molar-refractivity contribution is 7.99. The van der Waals surface area contributed by atoms with E-state index in [2.05, 4.69) is 4.98 Å². The summed E-state index contributed by atoms with van der Waals surface area (Å²) in [7, 11) is 0. The van der Waals surface area contributed by atoms with Gasteiger partial charge in [0.2, 0.25) is 0 Å². The predicted molar refractivity (Wildman–Crippen MR) is 80.1 cm³/mol. The molecule has 0 aliphatic rings. The second-order valence-electron chi connectivity index (χ2n) is 4.91. The molecule has 1 unspecified atom stereocenters. The molecule has 2 aromatic rings. The van der Waals surface area contributed by atoms with Gasteiger partial charge in [0.15, 0.2) is 5.16 Å². The second kappa shape index (κ2) is 6.76. The number of hydrogen-bond acceptors (Lipinski definition) is 3. The van der Waals surface area contributed by atoms with Crippen molar-refractivity contribution in [3.05, 3.63) is 47.5 Å². The molecule has 21 heavy (non-hydrogen) atoms. The van der Waals surface area contributed by atoms with E-state index in [1.807, 2.05) is 18.4 Å². The van der Waals surface area contributed by atoms with Gasteiger partial charge in [-0.2, -0.15) is 0 Å². The third-order valence-corrected chi connectivity index (χ3v) is 4.11. The molecule has 6 heteroatoms. The van der Waals surface area contributed by atoms with E-state index >= 15 is 0 Å². The number of carboxylic acid groups (broad SMARTS) is 1. The molecule has 1 atom stereocenters. The number of rotatable bonds is 6. The number of halogens is 1. The first kappa shape index (κ1) is 15.6. The first-order chi connectivity index (χ1) is 9.97. The van der Waals surface area contributed by atoms with Gasteiger partial charge in [0.05, 0.1) is 5.75 Å². The number of imidazole rings is 1. The third-order valence-electron chi connectivity index (χ3n) is 3.16. The summed E-state index contributed by atoms with van der Waals surface area (Å²) < 4.78 is 15.0. The standard InChI is InChI=1S/C15H17FN2O2S/c1-10(7-12-3-5-13(16)6-4-12)18-11(2)8-17-15(18)21-9-14(19)20/h3-6,8,10H,7,9H2,1-2H3,(H,19,20). The lowest BCUT2D eigenvalue weighted by atomic mass is 10.1. The molecule has 4 nitrogen and oxygen atoms in total. The van der Waals surface area contributed by atoms with Crippen LogP contribution in [0.4, 0.5) is 4.39 Å². The van der Waals surface area contributed by atoms with Gasteiger partial charge in [0.25, 0.3) is 0 Å². The van der Waals surface area contributed by atoms with Gasteiger partial charge in [-0.05, 0) is 38.0 Å².